The fourth-order valence-electron chi connectivity index (χ4n) is 3.95. The SMILES string of the molecule is CC(C)(C)OC(=O)N1C[C@H](O[Si](C)(C)C(C)(C)C)[C@@H](O[Si](C)(C)C(C)(C)C)[C@H]1[C@H]1COC(C)(C)O1. The molecule has 0 spiro atoms. The van der Waals surface area contributed by atoms with Gasteiger partial charge in [0.05, 0.1) is 31.4 Å². The summed E-state index contributed by atoms with van der Waals surface area (Å²) in [6.07, 6.45) is -1.30. The fourth-order valence-corrected chi connectivity index (χ4v) is 6.60. The van der Waals surface area contributed by atoms with Crippen molar-refractivity contribution in [2.75, 3.05) is 13.2 Å². The molecule has 0 aliphatic carbocycles. The van der Waals surface area contributed by atoms with Gasteiger partial charge in [0.15, 0.2) is 22.4 Å². The Morgan fingerprint density at radius 2 is 1.37 bits per heavy atom. The summed E-state index contributed by atoms with van der Waals surface area (Å²) < 4.78 is 32.2. The van der Waals surface area contributed by atoms with Gasteiger partial charge in [-0.05, 0) is 70.9 Å². The number of carbonyl (C=O) groups is 1. The summed E-state index contributed by atoms with van der Waals surface area (Å²) in [6, 6.07) is -0.365. The summed E-state index contributed by atoms with van der Waals surface area (Å²) in [5.41, 5.74) is -0.609. The highest BCUT2D eigenvalue weighted by atomic mass is 28.4. The zero-order valence-corrected chi connectivity index (χ0v) is 27.1. The van der Waals surface area contributed by atoms with E-state index in [9.17, 15) is 4.79 Å². The van der Waals surface area contributed by atoms with Crippen LogP contribution in [-0.4, -0.2) is 76.5 Å². The molecule has 2 saturated heterocycles. The number of rotatable bonds is 5. The summed E-state index contributed by atoms with van der Waals surface area (Å²) >= 11 is 0. The smallest absolute Gasteiger partial charge is 0.410 e. The highest BCUT2D eigenvalue weighted by molar-refractivity contribution is 6.74. The fraction of sp³-hybridized carbons (Fsp3) is 0.962. The molecule has 0 radical (unpaired) electrons. The van der Waals surface area contributed by atoms with E-state index >= 15 is 0 Å². The molecule has 0 bridgehead atoms. The maximum absolute atomic E-state index is 13.5. The Hall–Kier alpha value is -0.456. The average molecular weight is 532 g/mol. The van der Waals surface area contributed by atoms with Crippen molar-refractivity contribution in [1.82, 2.24) is 4.90 Å². The van der Waals surface area contributed by atoms with Gasteiger partial charge in [-0.3, -0.25) is 4.90 Å². The van der Waals surface area contributed by atoms with Crippen LogP contribution in [0.2, 0.25) is 36.3 Å². The number of hydrogen-bond acceptors (Lipinski definition) is 6. The van der Waals surface area contributed by atoms with Crippen molar-refractivity contribution in [2.45, 2.75) is 148 Å². The summed E-state index contributed by atoms with van der Waals surface area (Å²) in [6.45, 7) is 32.7. The molecule has 0 aromatic rings. The minimum Gasteiger partial charge on any atom is -0.444 e. The highest BCUT2D eigenvalue weighted by Gasteiger charge is 2.57. The van der Waals surface area contributed by atoms with E-state index < -0.39 is 28.0 Å². The molecule has 2 aliphatic heterocycles. The lowest BCUT2D eigenvalue weighted by Crippen LogP contribution is -2.56. The Bertz CT molecular complexity index is 763. The van der Waals surface area contributed by atoms with E-state index in [1.54, 1.807) is 4.90 Å². The van der Waals surface area contributed by atoms with E-state index in [1.165, 1.54) is 0 Å². The lowest BCUT2D eigenvalue weighted by molar-refractivity contribution is -0.148. The third kappa shape index (κ3) is 7.32. The molecule has 2 fully saturated rings. The van der Waals surface area contributed by atoms with Crippen LogP contribution in [0.3, 0.4) is 0 Å². The molecule has 0 unspecified atom stereocenters. The maximum atomic E-state index is 13.5. The number of nitrogens with zero attached hydrogens (tertiary/aromatic N) is 1. The van der Waals surface area contributed by atoms with E-state index in [1.807, 2.05) is 34.6 Å². The number of carbonyl (C=O) groups excluding carboxylic acids is 1. The minimum atomic E-state index is -2.21. The van der Waals surface area contributed by atoms with Gasteiger partial charge < -0.3 is 23.1 Å². The molecule has 4 atom stereocenters. The lowest BCUT2D eigenvalue weighted by atomic mass is 10.1. The first kappa shape index (κ1) is 30.8. The number of likely N-dealkylation sites (tertiary alicyclic amines) is 1. The summed E-state index contributed by atoms with van der Waals surface area (Å²) in [4.78, 5) is 15.3. The number of ether oxygens (including phenoxy) is 3. The predicted molar refractivity (Wildman–Crippen MR) is 146 cm³/mol. The van der Waals surface area contributed by atoms with Gasteiger partial charge in [-0.25, -0.2) is 4.79 Å². The molecule has 7 nitrogen and oxygen atoms in total. The van der Waals surface area contributed by atoms with E-state index in [4.69, 9.17) is 23.1 Å². The second-order valence-corrected chi connectivity index (χ2v) is 24.3. The zero-order chi connectivity index (χ0) is 27.4. The Morgan fingerprint density at radius 1 is 0.886 bits per heavy atom. The second kappa shape index (κ2) is 9.69. The van der Waals surface area contributed by atoms with E-state index in [0.717, 1.165) is 0 Å². The first-order chi connectivity index (χ1) is 15.4. The molecule has 1 amide bonds. The summed E-state index contributed by atoms with van der Waals surface area (Å²) in [5.74, 6) is -0.718. The van der Waals surface area contributed by atoms with Crippen LogP contribution in [0.25, 0.3) is 0 Å². The minimum absolute atomic E-state index is 0.00468. The Labute approximate surface area is 216 Å². The molecule has 35 heavy (non-hydrogen) atoms. The van der Waals surface area contributed by atoms with Crippen molar-refractivity contribution in [3.63, 3.8) is 0 Å². The molecular formula is C26H53NO6Si2. The van der Waals surface area contributed by atoms with Crippen molar-refractivity contribution >= 4 is 22.7 Å². The van der Waals surface area contributed by atoms with Gasteiger partial charge >= 0.3 is 6.09 Å². The van der Waals surface area contributed by atoms with Crippen LogP contribution in [0, 0.1) is 0 Å². The molecule has 2 aliphatic rings. The van der Waals surface area contributed by atoms with Crippen molar-refractivity contribution in [3.05, 3.63) is 0 Å². The summed E-state index contributed by atoms with van der Waals surface area (Å²) in [5, 5.41) is 0.0308. The number of amides is 1. The molecule has 9 heteroatoms. The molecule has 0 aromatic carbocycles. The topological polar surface area (TPSA) is 66.5 Å². The van der Waals surface area contributed by atoms with Crippen molar-refractivity contribution in [1.29, 1.82) is 0 Å². The Morgan fingerprint density at radius 3 is 1.77 bits per heavy atom. The van der Waals surface area contributed by atoms with E-state index in [2.05, 4.69) is 67.7 Å². The maximum Gasteiger partial charge on any atom is 0.410 e. The second-order valence-electron chi connectivity index (χ2n) is 14.7. The van der Waals surface area contributed by atoms with Gasteiger partial charge in [0.25, 0.3) is 0 Å². The van der Waals surface area contributed by atoms with Gasteiger partial charge in [-0.2, -0.15) is 0 Å². The molecular weight excluding hydrogens is 478 g/mol. The van der Waals surface area contributed by atoms with Crippen molar-refractivity contribution in [2.24, 2.45) is 0 Å². The molecule has 0 N–H and O–H groups in total. The van der Waals surface area contributed by atoms with Gasteiger partial charge in [0, 0.05) is 0 Å². The lowest BCUT2D eigenvalue weighted by Gasteiger charge is -2.44. The van der Waals surface area contributed by atoms with Crippen LogP contribution in [-0.2, 0) is 23.1 Å². The van der Waals surface area contributed by atoms with E-state index in [0.29, 0.717) is 13.2 Å². The van der Waals surface area contributed by atoms with Gasteiger partial charge in [0.1, 0.15) is 11.7 Å². The van der Waals surface area contributed by atoms with Crippen LogP contribution in [0.15, 0.2) is 0 Å². The molecule has 0 saturated carbocycles. The standard InChI is InChI=1S/C26H53NO6Si2/c1-23(2,3)31-22(28)27-16-18(32-34(12,13)24(4,5)6)21(33-35(14,15)25(7,8)9)20(27)19-17-29-26(10,11)30-19/h18-21H,16-17H2,1-15H3/t18-,19+,20+,21+/m0/s1. The van der Waals surface area contributed by atoms with Gasteiger partial charge in [0.2, 0.25) is 0 Å². The van der Waals surface area contributed by atoms with Crippen LogP contribution in [0.4, 0.5) is 4.79 Å². The summed E-state index contributed by atoms with van der Waals surface area (Å²) in [7, 11) is -4.37. The van der Waals surface area contributed by atoms with Crippen LogP contribution in [0.1, 0.15) is 76.2 Å². The Balaban J connectivity index is 2.55. The van der Waals surface area contributed by atoms with Crippen molar-refractivity contribution < 1.29 is 27.9 Å². The molecule has 2 heterocycles. The third-order valence-corrected chi connectivity index (χ3v) is 16.9. The molecule has 2 rings (SSSR count). The first-order valence-corrected chi connectivity index (χ1v) is 18.9. The monoisotopic (exact) mass is 531 g/mol. The average Bonchev–Trinajstić information content (AvgIpc) is 3.11. The largest absolute Gasteiger partial charge is 0.444 e. The molecule has 206 valence electrons. The van der Waals surface area contributed by atoms with Crippen LogP contribution in [0.5, 0.6) is 0 Å². The van der Waals surface area contributed by atoms with Gasteiger partial charge in [-0.15, -0.1) is 0 Å². The van der Waals surface area contributed by atoms with Crippen molar-refractivity contribution in [3.8, 4) is 0 Å². The van der Waals surface area contributed by atoms with Gasteiger partial charge in [-0.1, -0.05) is 41.5 Å². The number of hydrogen-bond donors (Lipinski definition) is 0. The first-order valence-electron chi connectivity index (χ1n) is 13.0. The highest BCUT2D eigenvalue weighted by Crippen LogP contribution is 2.44. The predicted octanol–water partition coefficient (Wildman–Crippen LogP) is 6.54. The Kier molecular flexibility index (Phi) is 8.52. The van der Waals surface area contributed by atoms with Crippen LogP contribution >= 0.6 is 0 Å². The quantitative estimate of drug-likeness (QED) is 0.375. The third-order valence-electron chi connectivity index (χ3n) is 7.97. The molecule has 0 aromatic heterocycles. The van der Waals surface area contributed by atoms with Crippen LogP contribution < -0.4 is 0 Å². The van der Waals surface area contributed by atoms with E-state index in [-0.39, 0.29) is 40.5 Å². The zero-order valence-electron chi connectivity index (χ0n) is 25.1. The normalized spacial score (nSPS) is 28.5.